The Morgan fingerprint density at radius 3 is 1.98 bits per heavy atom. The van der Waals surface area contributed by atoms with Crippen molar-refractivity contribution in [2.75, 3.05) is 5.32 Å². The fourth-order valence-corrected chi connectivity index (χ4v) is 4.97. The number of nitrogens with one attached hydrogen (secondary N) is 1. The Morgan fingerprint density at radius 2 is 1.43 bits per heavy atom. The van der Waals surface area contributed by atoms with Crippen LogP contribution in [-0.2, 0) is 4.74 Å². The number of anilines is 1. The van der Waals surface area contributed by atoms with Crippen molar-refractivity contribution in [2.24, 2.45) is 0 Å². The second kappa shape index (κ2) is 11.2. The van der Waals surface area contributed by atoms with Gasteiger partial charge >= 0.3 is 5.69 Å². The van der Waals surface area contributed by atoms with Crippen LogP contribution in [0, 0.1) is 0 Å². The summed E-state index contributed by atoms with van der Waals surface area (Å²) < 4.78 is 23.3. The summed E-state index contributed by atoms with van der Waals surface area (Å²) in [6.07, 6.45) is -5.25. The molecule has 0 saturated carbocycles. The fraction of sp³-hybridized carbons (Fsp3) is 0.194. The highest BCUT2D eigenvalue weighted by Crippen LogP contribution is 2.50. The number of aliphatic hydroxyl groups excluding tert-OH is 1. The standard InChI is InChI=1S/C31H26FN3O7/c1-30(32)28(35-18-17-22(34-29(35)40)33-27(39)21-15-9-4-10-16-21)42-26(24(37)23(36)19-11-5-2-6-12-19)31(30,41)25(38)20-13-7-3-8-14-20/h2-18,24,26,28,37,41H,1H3,(H,33,34,39,40)/t24?,26-,28-,30+,31-/m1/s1. The molecule has 10 nitrogen and oxygen atoms in total. The minimum atomic E-state index is -3.12. The number of aliphatic hydroxyl groups is 2. The van der Waals surface area contributed by atoms with Crippen LogP contribution in [0.5, 0.6) is 0 Å². The topological polar surface area (TPSA) is 148 Å². The Balaban J connectivity index is 1.53. The van der Waals surface area contributed by atoms with E-state index in [-0.39, 0.29) is 16.9 Å². The van der Waals surface area contributed by atoms with Gasteiger partial charge in [0.15, 0.2) is 23.3 Å². The molecule has 0 radical (unpaired) electrons. The summed E-state index contributed by atoms with van der Waals surface area (Å²) in [6, 6.07) is 24.2. The molecule has 214 valence electrons. The number of carbonyl (C=O) groups excluding carboxylic acids is 3. The smallest absolute Gasteiger partial charge is 0.351 e. The normalized spacial score (nSPS) is 24.1. The number of nitrogens with zero attached hydrogens (tertiary/aromatic N) is 2. The molecular formula is C31H26FN3O7. The van der Waals surface area contributed by atoms with Crippen LogP contribution >= 0.6 is 0 Å². The van der Waals surface area contributed by atoms with Crippen LogP contribution in [0.2, 0.25) is 0 Å². The van der Waals surface area contributed by atoms with Crippen molar-refractivity contribution in [3.8, 4) is 0 Å². The average molecular weight is 572 g/mol. The zero-order valence-electron chi connectivity index (χ0n) is 22.3. The van der Waals surface area contributed by atoms with Gasteiger partial charge in [0, 0.05) is 22.9 Å². The third-order valence-electron chi connectivity index (χ3n) is 7.25. The first-order valence-corrected chi connectivity index (χ1v) is 12.9. The van der Waals surface area contributed by atoms with Gasteiger partial charge in [0.1, 0.15) is 18.0 Å². The minimum absolute atomic E-state index is 0.0319. The highest BCUT2D eigenvalue weighted by atomic mass is 19.1. The van der Waals surface area contributed by atoms with E-state index in [4.69, 9.17) is 4.74 Å². The number of rotatable bonds is 8. The first-order valence-electron chi connectivity index (χ1n) is 12.9. The third-order valence-corrected chi connectivity index (χ3v) is 7.25. The van der Waals surface area contributed by atoms with Crippen LogP contribution in [0.4, 0.5) is 10.2 Å². The van der Waals surface area contributed by atoms with Gasteiger partial charge in [-0.05, 0) is 25.1 Å². The van der Waals surface area contributed by atoms with E-state index >= 15 is 4.39 Å². The molecule has 1 fully saturated rings. The minimum Gasteiger partial charge on any atom is -0.382 e. The average Bonchev–Trinajstić information content (AvgIpc) is 3.23. The molecule has 42 heavy (non-hydrogen) atoms. The number of hydrogen-bond donors (Lipinski definition) is 3. The Kier molecular flexibility index (Phi) is 7.65. The number of Topliss-reactive ketones (excluding diaryl/α,β-unsaturated/α-hetero) is 2. The first kappa shape index (κ1) is 28.7. The van der Waals surface area contributed by atoms with E-state index in [1.807, 2.05) is 0 Å². The lowest BCUT2D eigenvalue weighted by Crippen LogP contribution is -2.63. The van der Waals surface area contributed by atoms with Crippen LogP contribution in [0.25, 0.3) is 0 Å². The highest BCUT2D eigenvalue weighted by Gasteiger charge is 2.71. The van der Waals surface area contributed by atoms with Gasteiger partial charge in [-0.1, -0.05) is 78.9 Å². The molecule has 1 aliphatic rings. The van der Waals surface area contributed by atoms with Gasteiger partial charge < -0.3 is 20.3 Å². The zero-order valence-corrected chi connectivity index (χ0v) is 22.3. The summed E-state index contributed by atoms with van der Waals surface area (Å²) in [4.78, 5) is 56.2. The van der Waals surface area contributed by atoms with Crippen LogP contribution in [0.3, 0.4) is 0 Å². The molecule has 0 spiro atoms. The van der Waals surface area contributed by atoms with Crippen molar-refractivity contribution in [3.63, 3.8) is 0 Å². The quantitative estimate of drug-likeness (QED) is 0.274. The number of carbonyl (C=O) groups is 3. The lowest BCUT2D eigenvalue weighted by molar-refractivity contribution is -0.0935. The van der Waals surface area contributed by atoms with E-state index in [2.05, 4.69) is 10.3 Å². The maximum atomic E-state index is 16.9. The van der Waals surface area contributed by atoms with Crippen molar-refractivity contribution in [3.05, 3.63) is 130 Å². The summed E-state index contributed by atoms with van der Waals surface area (Å²) in [7, 11) is 0. The van der Waals surface area contributed by atoms with Crippen LogP contribution in [-0.4, -0.2) is 60.7 Å². The molecule has 1 unspecified atom stereocenters. The van der Waals surface area contributed by atoms with E-state index in [0.29, 0.717) is 10.1 Å². The SMILES string of the molecule is C[C@]1(F)[C@H](n2ccc(NC(=O)c3ccccc3)nc2=O)O[C@H](C(O)C(=O)c2ccccc2)[C@]1(O)C(=O)c1ccccc1. The molecule has 1 aliphatic heterocycles. The molecule has 0 aliphatic carbocycles. The molecule has 5 atom stereocenters. The summed E-state index contributed by atoms with van der Waals surface area (Å²) in [5, 5.41) is 25.4. The van der Waals surface area contributed by atoms with E-state index in [1.165, 1.54) is 42.5 Å². The van der Waals surface area contributed by atoms with Gasteiger partial charge in [-0.2, -0.15) is 4.98 Å². The molecule has 1 saturated heterocycles. The Bertz CT molecular complexity index is 1680. The maximum Gasteiger partial charge on any atom is 0.351 e. The monoisotopic (exact) mass is 571 g/mol. The highest BCUT2D eigenvalue weighted by molar-refractivity contribution is 6.06. The van der Waals surface area contributed by atoms with E-state index in [9.17, 15) is 29.4 Å². The molecule has 1 aromatic heterocycles. The van der Waals surface area contributed by atoms with Crippen LogP contribution < -0.4 is 11.0 Å². The Hall–Kier alpha value is -4.84. The predicted molar refractivity (Wildman–Crippen MR) is 149 cm³/mol. The van der Waals surface area contributed by atoms with Gasteiger partial charge in [-0.3, -0.25) is 19.0 Å². The third kappa shape index (κ3) is 4.94. The number of ketones is 2. The summed E-state index contributed by atoms with van der Waals surface area (Å²) in [6.45, 7) is 0.843. The van der Waals surface area contributed by atoms with Gasteiger partial charge in [0.25, 0.3) is 5.91 Å². The molecular weight excluding hydrogens is 545 g/mol. The Morgan fingerprint density at radius 1 is 0.905 bits per heavy atom. The lowest BCUT2D eigenvalue weighted by atomic mass is 9.74. The molecule has 1 amide bonds. The summed E-state index contributed by atoms with van der Waals surface area (Å²) in [5.74, 6) is -2.78. The van der Waals surface area contributed by atoms with Gasteiger partial charge in [0.2, 0.25) is 5.78 Å². The van der Waals surface area contributed by atoms with Crippen molar-refractivity contribution in [1.29, 1.82) is 0 Å². The second-order valence-corrected chi connectivity index (χ2v) is 9.94. The van der Waals surface area contributed by atoms with Crippen LogP contribution in [0.15, 0.2) is 108 Å². The molecule has 3 aromatic carbocycles. The van der Waals surface area contributed by atoms with Gasteiger partial charge in [-0.15, -0.1) is 0 Å². The number of hydrogen-bond acceptors (Lipinski definition) is 8. The summed E-state index contributed by atoms with van der Waals surface area (Å²) in [5.41, 5.74) is -7.05. The van der Waals surface area contributed by atoms with Crippen molar-refractivity contribution in [2.45, 2.75) is 36.6 Å². The molecule has 2 heterocycles. The van der Waals surface area contributed by atoms with Crippen molar-refractivity contribution < 1.29 is 33.7 Å². The van der Waals surface area contributed by atoms with E-state index in [0.717, 1.165) is 13.1 Å². The molecule has 11 heteroatoms. The number of amides is 1. The molecule has 0 bridgehead atoms. The van der Waals surface area contributed by atoms with E-state index in [1.54, 1.807) is 54.6 Å². The van der Waals surface area contributed by atoms with E-state index < -0.39 is 52.9 Å². The van der Waals surface area contributed by atoms with Crippen molar-refractivity contribution >= 4 is 23.3 Å². The predicted octanol–water partition coefficient (Wildman–Crippen LogP) is 2.98. The fourth-order valence-electron chi connectivity index (χ4n) is 4.97. The number of halogens is 1. The summed E-state index contributed by atoms with van der Waals surface area (Å²) >= 11 is 0. The first-order chi connectivity index (χ1) is 20.1. The Labute approximate surface area is 239 Å². The van der Waals surface area contributed by atoms with Crippen molar-refractivity contribution in [1.82, 2.24) is 9.55 Å². The van der Waals surface area contributed by atoms with Crippen LogP contribution in [0.1, 0.15) is 44.2 Å². The maximum absolute atomic E-state index is 16.9. The number of ether oxygens (including phenoxy) is 1. The van der Waals surface area contributed by atoms with Gasteiger partial charge in [0.05, 0.1) is 0 Å². The molecule has 3 N–H and O–H groups in total. The number of alkyl halides is 1. The largest absolute Gasteiger partial charge is 0.382 e. The molecule has 4 aromatic rings. The molecule has 5 rings (SSSR count). The second-order valence-electron chi connectivity index (χ2n) is 9.94. The number of aromatic nitrogens is 2. The van der Waals surface area contributed by atoms with Gasteiger partial charge in [-0.25, -0.2) is 9.18 Å². The lowest BCUT2D eigenvalue weighted by Gasteiger charge is -2.36. The number of benzene rings is 3. The zero-order chi connectivity index (χ0) is 30.1.